The summed E-state index contributed by atoms with van der Waals surface area (Å²) in [6.07, 6.45) is 0. The molecule has 27 heavy (non-hydrogen) atoms. The Balaban J connectivity index is 2.04. The SMILES string of the molecule is O=C(Nc1c(O)ccc2cc(S(=O)(=O)O)ccc12)c1cccc([N+](=O)[O-])c1. The topological polar surface area (TPSA) is 147 Å². The number of benzene rings is 3. The van der Waals surface area contributed by atoms with Crippen molar-refractivity contribution in [3.8, 4) is 5.75 Å². The Morgan fingerprint density at radius 2 is 1.81 bits per heavy atom. The summed E-state index contributed by atoms with van der Waals surface area (Å²) in [4.78, 5) is 22.3. The number of rotatable bonds is 4. The van der Waals surface area contributed by atoms with Gasteiger partial charge in [0.15, 0.2) is 0 Å². The summed E-state index contributed by atoms with van der Waals surface area (Å²) in [5, 5.41) is 24.1. The largest absolute Gasteiger partial charge is 0.506 e. The van der Waals surface area contributed by atoms with Gasteiger partial charge >= 0.3 is 0 Å². The number of non-ortho nitro benzene ring substituents is 1. The minimum absolute atomic E-state index is 0.00546. The molecule has 0 aliphatic carbocycles. The van der Waals surface area contributed by atoms with Gasteiger partial charge in [0.1, 0.15) is 5.75 Å². The van der Waals surface area contributed by atoms with Crippen molar-refractivity contribution in [3.63, 3.8) is 0 Å². The molecule has 0 aromatic heterocycles. The number of carbonyl (C=O) groups is 1. The average molecular weight is 388 g/mol. The monoisotopic (exact) mass is 388 g/mol. The molecule has 3 N–H and O–H groups in total. The average Bonchev–Trinajstić information content (AvgIpc) is 2.62. The smallest absolute Gasteiger partial charge is 0.294 e. The zero-order valence-electron chi connectivity index (χ0n) is 13.5. The second-order valence-corrected chi connectivity index (χ2v) is 7.00. The van der Waals surface area contributed by atoms with Gasteiger partial charge in [0.2, 0.25) is 0 Å². The van der Waals surface area contributed by atoms with Gasteiger partial charge in [-0.15, -0.1) is 0 Å². The van der Waals surface area contributed by atoms with Crippen molar-refractivity contribution < 1.29 is 27.8 Å². The quantitative estimate of drug-likeness (QED) is 0.269. The number of amides is 1. The molecule has 0 radical (unpaired) electrons. The molecule has 1 amide bonds. The molecule has 0 atom stereocenters. The Bertz CT molecular complexity index is 1190. The zero-order valence-corrected chi connectivity index (χ0v) is 14.3. The molecule has 0 aliphatic rings. The molecule has 3 aromatic carbocycles. The lowest BCUT2D eigenvalue weighted by Crippen LogP contribution is -2.12. The van der Waals surface area contributed by atoms with Gasteiger partial charge in [0.05, 0.1) is 15.5 Å². The normalized spacial score (nSPS) is 11.3. The highest BCUT2D eigenvalue weighted by atomic mass is 32.2. The van der Waals surface area contributed by atoms with Crippen molar-refractivity contribution in [3.05, 3.63) is 70.3 Å². The lowest BCUT2D eigenvalue weighted by atomic mass is 10.1. The van der Waals surface area contributed by atoms with Gasteiger partial charge < -0.3 is 10.4 Å². The van der Waals surface area contributed by atoms with E-state index in [9.17, 15) is 28.4 Å². The van der Waals surface area contributed by atoms with Gasteiger partial charge in [-0.05, 0) is 29.7 Å². The maximum absolute atomic E-state index is 12.4. The number of aromatic hydroxyl groups is 1. The minimum atomic E-state index is -4.41. The Labute approximate surface area is 152 Å². The van der Waals surface area contributed by atoms with Crippen molar-refractivity contribution in [2.24, 2.45) is 0 Å². The number of nitrogens with zero attached hydrogens (tertiary/aromatic N) is 1. The Morgan fingerprint density at radius 1 is 1.07 bits per heavy atom. The number of anilines is 1. The van der Waals surface area contributed by atoms with Crippen LogP contribution in [-0.2, 0) is 10.1 Å². The molecule has 0 aliphatic heterocycles. The first-order valence-corrected chi connectivity index (χ1v) is 8.90. The lowest BCUT2D eigenvalue weighted by Gasteiger charge is -2.11. The Morgan fingerprint density at radius 3 is 2.48 bits per heavy atom. The highest BCUT2D eigenvalue weighted by molar-refractivity contribution is 7.85. The molecule has 0 fully saturated rings. The third-order valence-electron chi connectivity index (χ3n) is 3.82. The molecular formula is C17H12N2O7S. The molecule has 10 heteroatoms. The number of carbonyl (C=O) groups excluding carboxylic acids is 1. The number of hydrogen-bond donors (Lipinski definition) is 3. The maximum atomic E-state index is 12.4. The first-order valence-electron chi connectivity index (χ1n) is 7.46. The van der Waals surface area contributed by atoms with Crippen LogP contribution in [0.1, 0.15) is 10.4 Å². The van der Waals surface area contributed by atoms with Crippen LogP contribution in [0.5, 0.6) is 5.75 Å². The predicted octanol–water partition coefficient (Wildman–Crippen LogP) is 2.95. The van der Waals surface area contributed by atoms with Crippen molar-refractivity contribution >= 4 is 38.2 Å². The highest BCUT2D eigenvalue weighted by Gasteiger charge is 2.17. The van der Waals surface area contributed by atoms with Crippen LogP contribution in [0.2, 0.25) is 0 Å². The van der Waals surface area contributed by atoms with E-state index in [1.54, 1.807) is 0 Å². The molecule has 0 spiro atoms. The maximum Gasteiger partial charge on any atom is 0.294 e. The summed E-state index contributed by atoms with van der Waals surface area (Å²) < 4.78 is 31.7. The van der Waals surface area contributed by atoms with Crippen LogP contribution < -0.4 is 5.32 Å². The molecule has 0 unspecified atom stereocenters. The molecular weight excluding hydrogens is 376 g/mol. The van der Waals surface area contributed by atoms with Crippen LogP contribution in [0.4, 0.5) is 11.4 Å². The summed E-state index contributed by atoms with van der Waals surface area (Å²) in [7, 11) is -4.41. The number of nitro groups is 1. The van der Waals surface area contributed by atoms with Crippen LogP contribution in [0.3, 0.4) is 0 Å². The van der Waals surface area contributed by atoms with Gasteiger partial charge in [-0.1, -0.05) is 18.2 Å². The summed E-state index contributed by atoms with van der Waals surface area (Å²) in [6.45, 7) is 0. The first-order chi connectivity index (χ1) is 12.7. The number of phenolic OH excluding ortho intramolecular Hbond substituents is 1. The number of fused-ring (bicyclic) bond motifs is 1. The molecule has 3 rings (SSSR count). The van der Waals surface area contributed by atoms with Crippen LogP contribution in [-0.4, -0.2) is 28.9 Å². The summed E-state index contributed by atoms with van der Waals surface area (Å²) in [5.74, 6) is -0.971. The number of hydrogen-bond acceptors (Lipinski definition) is 6. The van der Waals surface area contributed by atoms with Gasteiger partial charge in [-0.25, -0.2) is 0 Å². The minimum Gasteiger partial charge on any atom is -0.506 e. The molecule has 0 saturated heterocycles. The number of nitrogens with one attached hydrogen (secondary N) is 1. The zero-order chi connectivity index (χ0) is 19.8. The molecule has 0 bridgehead atoms. The van der Waals surface area contributed by atoms with E-state index < -0.39 is 20.9 Å². The van der Waals surface area contributed by atoms with Crippen molar-refractivity contribution in [2.75, 3.05) is 5.32 Å². The van der Waals surface area contributed by atoms with Crippen molar-refractivity contribution in [1.29, 1.82) is 0 Å². The second kappa shape index (κ2) is 6.67. The van der Waals surface area contributed by atoms with Crippen LogP contribution in [0.25, 0.3) is 10.8 Å². The van der Waals surface area contributed by atoms with Crippen LogP contribution in [0.15, 0.2) is 59.5 Å². The van der Waals surface area contributed by atoms with E-state index in [-0.39, 0.29) is 27.6 Å². The van der Waals surface area contributed by atoms with E-state index in [0.717, 1.165) is 12.1 Å². The van der Waals surface area contributed by atoms with Crippen molar-refractivity contribution in [2.45, 2.75) is 4.90 Å². The van der Waals surface area contributed by atoms with E-state index in [1.807, 2.05) is 0 Å². The molecule has 0 heterocycles. The van der Waals surface area contributed by atoms with Gasteiger partial charge in [-0.2, -0.15) is 8.42 Å². The molecule has 3 aromatic rings. The van der Waals surface area contributed by atoms with E-state index in [2.05, 4.69) is 5.32 Å². The molecule has 9 nitrogen and oxygen atoms in total. The number of phenols is 1. The van der Waals surface area contributed by atoms with Gasteiger partial charge in [0, 0.05) is 23.1 Å². The van der Waals surface area contributed by atoms with E-state index in [1.165, 1.54) is 42.5 Å². The van der Waals surface area contributed by atoms with Gasteiger partial charge in [-0.3, -0.25) is 19.5 Å². The van der Waals surface area contributed by atoms with E-state index in [0.29, 0.717) is 10.8 Å². The van der Waals surface area contributed by atoms with E-state index in [4.69, 9.17) is 4.55 Å². The second-order valence-electron chi connectivity index (χ2n) is 5.58. The third-order valence-corrected chi connectivity index (χ3v) is 4.67. The number of nitro benzene ring substituents is 1. The fourth-order valence-corrected chi connectivity index (χ4v) is 3.05. The van der Waals surface area contributed by atoms with Crippen LogP contribution >= 0.6 is 0 Å². The molecule has 138 valence electrons. The predicted molar refractivity (Wildman–Crippen MR) is 96.5 cm³/mol. The standard InChI is InChI=1S/C17H12N2O7S/c20-15-7-4-10-9-13(27(24,25)26)5-6-14(10)16(15)18-17(21)11-2-1-3-12(8-11)19(22)23/h1-9,20H,(H,18,21)(H,24,25,26). The molecule has 0 saturated carbocycles. The fraction of sp³-hybridized carbons (Fsp3) is 0. The van der Waals surface area contributed by atoms with Crippen LogP contribution in [0, 0.1) is 10.1 Å². The van der Waals surface area contributed by atoms with E-state index >= 15 is 0 Å². The Kier molecular flexibility index (Phi) is 4.52. The fourth-order valence-electron chi connectivity index (χ4n) is 2.53. The van der Waals surface area contributed by atoms with Crippen molar-refractivity contribution in [1.82, 2.24) is 0 Å². The summed E-state index contributed by atoms with van der Waals surface area (Å²) >= 11 is 0. The lowest BCUT2D eigenvalue weighted by molar-refractivity contribution is -0.384. The Hall–Kier alpha value is -3.50. The highest BCUT2D eigenvalue weighted by Crippen LogP contribution is 2.34. The summed E-state index contributed by atoms with van der Waals surface area (Å²) in [5.41, 5.74) is -0.247. The van der Waals surface area contributed by atoms with Gasteiger partial charge in [0.25, 0.3) is 21.7 Å². The first kappa shape index (κ1) is 18.3. The summed E-state index contributed by atoms with van der Waals surface area (Å²) in [6, 6.07) is 11.4. The third kappa shape index (κ3) is 3.71.